The van der Waals surface area contributed by atoms with E-state index >= 15 is 0 Å². The Morgan fingerprint density at radius 3 is 2.20 bits per heavy atom. The average molecular weight is 332 g/mol. The molecule has 0 saturated carbocycles. The lowest BCUT2D eigenvalue weighted by Crippen LogP contribution is -2.08. The fraction of sp³-hybridized carbons (Fsp3) is 0.133. The van der Waals surface area contributed by atoms with Crippen molar-refractivity contribution in [1.29, 1.82) is 0 Å². The van der Waals surface area contributed by atoms with Crippen molar-refractivity contribution in [2.45, 2.75) is 12.8 Å². The predicted molar refractivity (Wildman–Crippen MR) is 80.3 cm³/mol. The Hall–Kier alpha value is -1.09. The van der Waals surface area contributed by atoms with Crippen LogP contribution in [0.1, 0.15) is 11.1 Å². The summed E-state index contributed by atoms with van der Waals surface area (Å²) in [6.45, 7) is 0. The summed E-state index contributed by atoms with van der Waals surface area (Å²) in [5.41, 5.74) is 1.18. The molecular formula is C15H10Cl3FO. The molecule has 0 atom stereocenters. The van der Waals surface area contributed by atoms with Crippen molar-refractivity contribution in [3.05, 3.63) is 68.4 Å². The van der Waals surface area contributed by atoms with Gasteiger partial charge in [0.2, 0.25) is 0 Å². The number of benzene rings is 2. The van der Waals surface area contributed by atoms with Gasteiger partial charge in [-0.15, -0.1) is 0 Å². The maximum absolute atomic E-state index is 12.9. The molecule has 20 heavy (non-hydrogen) atoms. The number of hydrogen-bond donors (Lipinski definition) is 0. The molecule has 0 fully saturated rings. The SMILES string of the molecule is O=C(Cc1ccc(F)cc1Cl)Cc1c(Cl)cccc1Cl. The second-order valence-electron chi connectivity index (χ2n) is 4.33. The Balaban J connectivity index is 2.13. The molecule has 0 unspecified atom stereocenters. The minimum absolute atomic E-state index is 0.0893. The minimum Gasteiger partial charge on any atom is -0.299 e. The third-order valence-corrected chi connectivity index (χ3v) is 3.90. The van der Waals surface area contributed by atoms with Crippen LogP contribution in [0.4, 0.5) is 4.39 Å². The van der Waals surface area contributed by atoms with Crippen LogP contribution in [0.2, 0.25) is 15.1 Å². The first-order valence-corrected chi connectivity index (χ1v) is 6.99. The molecule has 0 aliphatic carbocycles. The number of ketones is 1. The first-order valence-electron chi connectivity index (χ1n) is 5.86. The van der Waals surface area contributed by atoms with Gasteiger partial charge in [-0.2, -0.15) is 0 Å². The lowest BCUT2D eigenvalue weighted by atomic mass is 10.0. The van der Waals surface area contributed by atoms with E-state index in [0.29, 0.717) is 21.2 Å². The van der Waals surface area contributed by atoms with E-state index in [4.69, 9.17) is 34.8 Å². The summed E-state index contributed by atoms with van der Waals surface area (Å²) in [6, 6.07) is 9.05. The molecular weight excluding hydrogens is 322 g/mol. The molecule has 2 aromatic carbocycles. The molecule has 104 valence electrons. The molecule has 2 aromatic rings. The highest BCUT2D eigenvalue weighted by molar-refractivity contribution is 6.36. The van der Waals surface area contributed by atoms with Crippen molar-refractivity contribution in [3.8, 4) is 0 Å². The zero-order chi connectivity index (χ0) is 14.7. The van der Waals surface area contributed by atoms with E-state index in [1.807, 2.05) is 0 Å². The van der Waals surface area contributed by atoms with Gasteiger partial charge in [-0.25, -0.2) is 4.39 Å². The fourth-order valence-electron chi connectivity index (χ4n) is 1.84. The molecule has 1 nitrogen and oxygen atoms in total. The highest BCUT2D eigenvalue weighted by Crippen LogP contribution is 2.26. The molecule has 0 saturated heterocycles. The predicted octanol–water partition coefficient (Wildman–Crippen LogP) is 5.14. The van der Waals surface area contributed by atoms with E-state index in [1.165, 1.54) is 18.2 Å². The number of halogens is 4. The van der Waals surface area contributed by atoms with Crippen molar-refractivity contribution in [2.75, 3.05) is 0 Å². The van der Waals surface area contributed by atoms with Crippen molar-refractivity contribution in [1.82, 2.24) is 0 Å². The second-order valence-corrected chi connectivity index (χ2v) is 5.55. The lowest BCUT2D eigenvalue weighted by molar-refractivity contribution is -0.117. The van der Waals surface area contributed by atoms with Crippen LogP contribution in [0.15, 0.2) is 36.4 Å². The third-order valence-electron chi connectivity index (χ3n) is 2.84. The van der Waals surface area contributed by atoms with Gasteiger partial charge in [0.05, 0.1) is 0 Å². The number of hydrogen-bond acceptors (Lipinski definition) is 1. The molecule has 2 rings (SSSR count). The Labute approximate surface area is 131 Å². The molecule has 0 radical (unpaired) electrons. The van der Waals surface area contributed by atoms with Gasteiger partial charge in [-0.3, -0.25) is 4.79 Å². The molecule has 0 aliphatic rings. The summed E-state index contributed by atoms with van der Waals surface area (Å²) in [5, 5.41) is 1.15. The Morgan fingerprint density at radius 2 is 1.60 bits per heavy atom. The minimum atomic E-state index is -0.430. The number of carbonyl (C=O) groups is 1. The van der Waals surface area contributed by atoms with Crippen molar-refractivity contribution in [2.24, 2.45) is 0 Å². The van der Waals surface area contributed by atoms with Crippen LogP contribution in [-0.2, 0) is 17.6 Å². The third kappa shape index (κ3) is 3.72. The van der Waals surface area contributed by atoms with Crippen LogP contribution in [0.5, 0.6) is 0 Å². The first kappa shape index (κ1) is 15.3. The normalized spacial score (nSPS) is 10.6. The van der Waals surface area contributed by atoms with E-state index in [0.717, 1.165) is 0 Å². The molecule has 5 heteroatoms. The monoisotopic (exact) mass is 330 g/mol. The molecule has 0 aromatic heterocycles. The number of carbonyl (C=O) groups excluding carboxylic acids is 1. The fourth-order valence-corrected chi connectivity index (χ4v) is 2.60. The number of rotatable bonds is 4. The highest BCUT2D eigenvalue weighted by atomic mass is 35.5. The van der Waals surface area contributed by atoms with E-state index in [9.17, 15) is 9.18 Å². The molecule has 0 bridgehead atoms. The lowest BCUT2D eigenvalue weighted by Gasteiger charge is -2.07. The highest BCUT2D eigenvalue weighted by Gasteiger charge is 2.13. The maximum atomic E-state index is 12.9. The van der Waals surface area contributed by atoms with Crippen LogP contribution >= 0.6 is 34.8 Å². The molecule has 0 heterocycles. The van der Waals surface area contributed by atoms with Crippen LogP contribution in [0.25, 0.3) is 0 Å². The van der Waals surface area contributed by atoms with Crippen LogP contribution in [0.3, 0.4) is 0 Å². The smallest absolute Gasteiger partial charge is 0.141 e. The Morgan fingerprint density at radius 1 is 0.950 bits per heavy atom. The second kappa shape index (κ2) is 6.57. The average Bonchev–Trinajstić information content (AvgIpc) is 2.37. The number of Topliss-reactive ketones (excluding diaryl/α,β-unsaturated/α-hetero) is 1. The summed E-state index contributed by atoms with van der Waals surface area (Å²) in [4.78, 5) is 12.1. The van der Waals surface area contributed by atoms with E-state index in [2.05, 4.69) is 0 Å². The van der Waals surface area contributed by atoms with E-state index < -0.39 is 5.82 Å². The van der Waals surface area contributed by atoms with Gasteiger partial charge in [0.25, 0.3) is 0 Å². The maximum Gasteiger partial charge on any atom is 0.141 e. The Kier molecular flexibility index (Phi) is 5.03. The molecule has 0 spiro atoms. The quantitative estimate of drug-likeness (QED) is 0.758. The first-order chi connectivity index (χ1) is 9.47. The molecule has 0 N–H and O–H groups in total. The van der Waals surface area contributed by atoms with Crippen molar-refractivity contribution < 1.29 is 9.18 Å². The largest absolute Gasteiger partial charge is 0.299 e. The van der Waals surface area contributed by atoms with Gasteiger partial charge in [0.1, 0.15) is 11.6 Å². The summed E-state index contributed by atoms with van der Waals surface area (Å²) in [6.07, 6.45) is 0.229. The van der Waals surface area contributed by atoms with Gasteiger partial charge in [-0.1, -0.05) is 46.9 Å². The van der Waals surface area contributed by atoms with Crippen LogP contribution in [0, 0.1) is 5.82 Å². The van der Waals surface area contributed by atoms with Gasteiger partial charge in [-0.05, 0) is 35.4 Å². The summed E-state index contributed by atoms with van der Waals surface area (Å²) < 4.78 is 12.9. The topological polar surface area (TPSA) is 17.1 Å². The van der Waals surface area contributed by atoms with Gasteiger partial charge < -0.3 is 0 Å². The van der Waals surface area contributed by atoms with Crippen molar-refractivity contribution >= 4 is 40.6 Å². The summed E-state index contributed by atoms with van der Waals surface area (Å²) in [7, 11) is 0. The summed E-state index contributed by atoms with van der Waals surface area (Å²) >= 11 is 17.9. The van der Waals surface area contributed by atoms with E-state index in [1.54, 1.807) is 18.2 Å². The molecule has 0 amide bonds. The van der Waals surface area contributed by atoms with Gasteiger partial charge in [0, 0.05) is 27.9 Å². The van der Waals surface area contributed by atoms with Gasteiger partial charge in [0.15, 0.2) is 0 Å². The van der Waals surface area contributed by atoms with Crippen LogP contribution in [-0.4, -0.2) is 5.78 Å². The van der Waals surface area contributed by atoms with E-state index in [-0.39, 0.29) is 23.6 Å². The zero-order valence-corrected chi connectivity index (χ0v) is 12.6. The standard InChI is InChI=1S/C15H10Cl3FO/c16-13-2-1-3-14(17)12(13)8-11(20)6-9-4-5-10(19)7-15(9)18/h1-5,7H,6,8H2. The molecule has 0 aliphatic heterocycles. The van der Waals surface area contributed by atoms with Crippen molar-refractivity contribution in [3.63, 3.8) is 0 Å². The van der Waals surface area contributed by atoms with Crippen LogP contribution < -0.4 is 0 Å². The van der Waals surface area contributed by atoms with Gasteiger partial charge >= 0.3 is 0 Å². The summed E-state index contributed by atoms with van der Waals surface area (Å²) in [5.74, 6) is -0.520. The zero-order valence-electron chi connectivity index (χ0n) is 10.3. The Bertz CT molecular complexity index is 635.